The molecule has 1 amide bonds. The summed E-state index contributed by atoms with van der Waals surface area (Å²) in [6.45, 7) is 1.66. The Kier molecular flexibility index (Phi) is 5.25. The van der Waals surface area contributed by atoms with E-state index in [1.54, 1.807) is 18.3 Å². The zero-order chi connectivity index (χ0) is 16.9. The first-order chi connectivity index (χ1) is 11.7. The van der Waals surface area contributed by atoms with Gasteiger partial charge in [0, 0.05) is 42.1 Å². The van der Waals surface area contributed by atoms with Crippen molar-refractivity contribution in [2.24, 2.45) is 5.92 Å². The summed E-state index contributed by atoms with van der Waals surface area (Å²) in [6, 6.07) is 11.1. The van der Waals surface area contributed by atoms with Crippen LogP contribution in [-0.2, 0) is 4.79 Å². The third kappa shape index (κ3) is 4.00. The number of aldehydes is 1. The van der Waals surface area contributed by atoms with Crippen molar-refractivity contribution in [1.82, 2.24) is 4.98 Å². The molecule has 6 heteroatoms. The van der Waals surface area contributed by atoms with Crippen molar-refractivity contribution >= 4 is 39.5 Å². The van der Waals surface area contributed by atoms with Gasteiger partial charge in [-0.25, -0.2) is 4.98 Å². The van der Waals surface area contributed by atoms with E-state index in [1.165, 1.54) is 0 Å². The Morgan fingerprint density at radius 3 is 2.54 bits per heavy atom. The van der Waals surface area contributed by atoms with E-state index < -0.39 is 0 Å². The van der Waals surface area contributed by atoms with Crippen molar-refractivity contribution in [2.75, 3.05) is 23.3 Å². The molecule has 1 aliphatic rings. The van der Waals surface area contributed by atoms with E-state index in [0.717, 1.165) is 43.6 Å². The van der Waals surface area contributed by atoms with Crippen LogP contribution in [0.25, 0.3) is 0 Å². The fourth-order valence-electron chi connectivity index (χ4n) is 2.89. The number of piperidine rings is 1. The maximum Gasteiger partial charge on any atom is 0.227 e. The molecule has 0 atom stereocenters. The van der Waals surface area contributed by atoms with Crippen LogP contribution in [0.2, 0.25) is 0 Å². The van der Waals surface area contributed by atoms with Gasteiger partial charge < -0.3 is 10.2 Å². The number of amides is 1. The maximum absolute atomic E-state index is 12.4. The van der Waals surface area contributed by atoms with E-state index in [2.05, 4.69) is 31.1 Å². The van der Waals surface area contributed by atoms with Crippen LogP contribution in [0, 0.1) is 5.92 Å². The fourth-order valence-corrected chi connectivity index (χ4v) is 3.25. The van der Waals surface area contributed by atoms with E-state index in [-0.39, 0.29) is 11.8 Å². The number of benzene rings is 1. The number of carbonyl (C=O) groups is 2. The van der Waals surface area contributed by atoms with Gasteiger partial charge >= 0.3 is 0 Å². The monoisotopic (exact) mass is 387 g/mol. The average molecular weight is 388 g/mol. The summed E-state index contributed by atoms with van der Waals surface area (Å²) in [7, 11) is 0. The zero-order valence-corrected chi connectivity index (χ0v) is 14.7. The van der Waals surface area contributed by atoms with E-state index in [0.29, 0.717) is 10.2 Å². The average Bonchev–Trinajstić information content (AvgIpc) is 2.62. The van der Waals surface area contributed by atoms with Gasteiger partial charge in [0.15, 0.2) is 0 Å². The maximum atomic E-state index is 12.4. The molecule has 0 spiro atoms. The number of nitrogens with zero attached hydrogens (tertiary/aromatic N) is 2. The molecule has 124 valence electrons. The van der Waals surface area contributed by atoms with Gasteiger partial charge in [0.25, 0.3) is 0 Å². The molecule has 2 aromatic rings. The number of hydrogen-bond acceptors (Lipinski definition) is 4. The van der Waals surface area contributed by atoms with Gasteiger partial charge in [0.05, 0.1) is 0 Å². The highest BCUT2D eigenvalue weighted by molar-refractivity contribution is 9.10. The highest BCUT2D eigenvalue weighted by atomic mass is 79.9. The number of anilines is 2. The molecule has 1 fully saturated rings. The molecule has 0 bridgehead atoms. The predicted molar refractivity (Wildman–Crippen MR) is 97.3 cm³/mol. The number of aromatic nitrogens is 1. The SMILES string of the molecule is O=Cc1ccc(N2CCC(C(=O)Nc3ccnc(Br)c3)CC2)cc1. The highest BCUT2D eigenvalue weighted by Crippen LogP contribution is 2.25. The molecule has 1 saturated heterocycles. The summed E-state index contributed by atoms with van der Waals surface area (Å²) in [5.74, 6) is 0.0755. The minimum atomic E-state index is 0.0161. The van der Waals surface area contributed by atoms with Crippen LogP contribution >= 0.6 is 15.9 Å². The Hall–Kier alpha value is -2.21. The number of pyridine rings is 1. The van der Waals surface area contributed by atoms with Gasteiger partial charge in [-0.05, 0) is 65.2 Å². The second-order valence-electron chi connectivity index (χ2n) is 5.83. The standard InChI is InChI=1S/C18H18BrN3O2/c19-17-11-15(5-8-20-17)21-18(24)14-6-9-22(10-7-14)16-3-1-13(12-23)2-4-16/h1-5,8,11-12,14H,6-7,9-10H2,(H,20,21,24). The van der Waals surface area contributed by atoms with Crippen molar-refractivity contribution in [3.63, 3.8) is 0 Å². The summed E-state index contributed by atoms with van der Waals surface area (Å²) in [4.78, 5) is 29.4. The lowest BCUT2D eigenvalue weighted by atomic mass is 9.95. The molecule has 1 aliphatic heterocycles. The van der Waals surface area contributed by atoms with Crippen molar-refractivity contribution in [1.29, 1.82) is 0 Å². The van der Waals surface area contributed by atoms with Gasteiger partial charge in [0.2, 0.25) is 5.91 Å². The summed E-state index contributed by atoms with van der Waals surface area (Å²) in [5.41, 5.74) is 2.53. The lowest BCUT2D eigenvalue weighted by Crippen LogP contribution is -2.38. The lowest BCUT2D eigenvalue weighted by molar-refractivity contribution is -0.120. The van der Waals surface area contributed by atoms with Gasteiger partial charge in [-0.15, -0.1) is 0 Å². The smallest absolute Gasteiger partial charge is 0.227 e. The summed E-state index contributed by atoms with van der Waals surface area (Å²) >= 11 is 3.30. The molecular formula is C18H18BrN3O2. The van der Waals surface area contributed by atoms with Crippen LogP contribution in [0.4, 0.5) is 11.4 Å². The molecule has 0 aliphatic carbocycles. The molecule has 2 heterocycles. The first-order valence-electron chi connectivity index (χ1n) is 7.88. The van der Waals surface area contributed by atoms with Crippen molar-refractivity contribution < 1.29 is 9.59 Å². The van der Waals surface area contributed by atoms with E-state index in [4.69, 9.17) is 0 Å². The Morgan fingerprint density at radius 1 is 1.21 bits per heavy atom. The zero-order valence-electron chi connectivity index (χ0n) is 13.1. The summed E-state index contributed by atoms with van der Waals surface area (Å²) in [6.07, 6.45) is 4.13. The van der Waals surface area contributed by atoms with Crippen LogP contribution < -0.4 is 10.2 Å². The molecule has 5 nitrogen and oxygen atoms in total. The Morgan fingerprint density at radius 2 is 1.92 bits per heavy atom. The Bertz CT molecular complexity index is 725. The van der Waals surface area contributed by atoms with E-state index in [9.17, 15) is 9.59 Å². The number of halogens is 1. The largest absolute Gasteiger partial charge is 0.371 e. The number of rotatable bonds is 4. The third-order valence-electron chi connectivity index (χ3n) is 4.25. The summed E-state index contributed by atoms with van der Waals surface area (Å²) < 4.78 is 0.703. The van der Waals surface area contributed by atoms with Crippen LogP contribution in [0.15, 0.2) is 47.2 Å². The second-order valence-corrected chi connectivity index (χ2v) is 6.64. The van der Waals surface area contributed by atoms with Crippen molar-refractivity contribution in [3.8, 4) is 0 Å². The quantitative estimate of drug-likeness (QED) is 0.643. The number of hydrogen-bond donors (Lipinski definition) is 1. The van der Waals surface area contributed by atoms with Crippen LogP contribution in [-0.4, -0.2) is 30.3 Å². The van der Waals surface area contributed by atoms with Gasteiger partial charge in [-0.3, -0.25) is 9.59 Å². The number of nitrogens with one attached hydrogen (secondary N) is 1. The van der Waals surface area contributed by atoms with Gasteiger partial charge in [0.1, 0.15) is 10.9 Å². The van der Waals surface area contributed by atoms with E-state index >= 15 is 0 Å². The lowest BCUT2D eigenvalue weighted by Gasteiger charge is -2.33. The topological polar surface area (TPSA) is 62.3 Å². The number of carbonyl (C=O) groups excluding carboxylic acids is 2. The molecular weight excluding hydrogens is 370 g/mol. The molecule has 24 heavy (non-hydrogen) atoms. The third-order valence-corrected chi connectivity index (χ3v) is 4.69. The Balaban J connectivity index is 1.56. The predicted octanol–water partition coefficient (Wildman–Crippen LogP) is 3.51. The molecule has 0 saturated carbocycles. The second kappa shape index (κ2) is 7.57. The Labute approximate surface area is 149 Å². The summed E-state index contributed by atoms with van der Waals surface area (Å²) in [5, 5.41) is 2.96. The first-order valence-corrected chi connectivity index (χ1v) is 8.67. The molecule has 0 radical (unpaired) electrons. The highest BCUT2D eigenvalue weighted by Gasteiger charge is 2.25. The van der Waals surface area contributed by atoms with E-state index in [1.807, 2.05) is 24.3 Å². The van der Waals surface area contributed by atoms with Crippen LogP contribution in [0.3, 0.4) is 0 Å². The minimum absolute atomic E-state index is 0.0161. The van der Waals surface area contributed by atoms with Gasteiger partial charge in [-0.2, -0.15) is 0 Å². The van der Waals surface area contributed by atoms with Gasteiger partial charge in [-0.1, -0.05) is 0 Å². The molecule has 0 unspecified atom stereocenters. The van der Waals surface area contributed by atoms with Crippen molar-refractivity contribution in [2.45, 2.75) is 12.8 Å². The first kappa shape index (κ1) is 16.6. The molecule has 1 N–H and O–H groups in total. The normalized spacial score (nSPS) is 15.1. The van der Waals surface area contributed by atoms with Crippen LogP contribution in [0.1, 0.15) is 23.2 Å². The molecule has 1 aromatic carbocycles. The fraction of sp³-hybridized carbons (Fsp3) is 0.278. The van der Waals surface area contributed by atoms with Crippen molar-refractivity contribution in [3.05, 3.63) is 52.8 Å². The molecule has 1 aromatic heterocycles. The minimum Gasteiger partial charge on any atom is -0.371 e. The van der Waals surface area contributed by atoms with Crippen LogP contribution in [0.5, 0.6) is 0 Å². The molecule has 3 rings (SSSR count).